The van der Waals surface area contributed by atoms with E-state index in [0.717, 1.165) is 19.1 Å². The molecule has 1 aliphatic carbocycles. The Hall–Kier alpha value is -5.05. The first-order valence-corrected chi connectivity index (χ1v) is 18.1. The number of amides is 5. The molecule has 288 valence electrons. The monoisotopic (exact) mass is 735 g/mol. The number of Topliss-reactive ketones (excluding diaryl/α,β-unsaturated/α-hetero) is 1. The van der Waals surface area contributed by atoms with Crippen molar-refractivity contribution < 1.29 is 38.8 Å². The van der Waals surface area contributed by atoms with E-state index in [0.29, 0.717) is 34.6 Å². The van der Waals surface area contributed by atoms with E-state index in [-0.39, 0.29) is 25.4 Å². The lowest BCUT2D eigenvalue weighted by Gasteiger charge is -2.36. The van der Waals surface area contributed by atoms with Gasteiger partial charge in [0.25, 0.3) is 5.91 Å². The molecule has 2 aliphatic rings. The number of carbonyl (C=O) groups is 5. The fourth-order valence-electron chi connectivity index (χ4n) is 6.06. The summed E-state index contributed by atoms with van der Waals surface area (Å²) in [5.41, 5.74) is -0.743. The molecule has 1 saturated heterocycles. The fraction of sp³-hybridized carbons (Fsp3) is 0.553. The van der Waals surface area contributed by atoms with Crippen molar-refractivity contribution >= 4 is 52.5 Å². The molecule has 7 N–H and O–H groups in total. The van der Waals surface area contributed by atoms with Gasteiger partial charge < -0.3 is 41.1 Å². The van der Waals surface area contributed by atoms with E-state index in [9.17, 15) is 24.0 Å². The number of allylic oxidation sites excluding steroid dienone is 1. The Morgan fingerprint density at radius 3 is 2.40 bits per heavy atom. The molecule has 2 aromatic rings. The predicted octanol–water partition coefficient (Wildman–Crippen LogP) is 2.59. The van der Waals surface area contributed by atoms with Crippen LogP contribution in [-0.4, -0.2) is 95.1 Å². The van der Waals surface area contributed by atoms with Gasteiger partial charge in [0.05, 0.1) is 31.3 Å². The van der Waals surface area contributed by atoms with Gasteiger partial charge in [-0.15, -0.1) is 0 Å². The summed E-state index contributed by atoms with van der Waals surface area (Å²) in [4.78, 5) is 73.8. The molecule has 0 radical (unpaired) electrons. The second-order valence-electron chi connectivity index (χ2n) is 15.7. The summed E-state index contributed by atoms with van der Waals surface area (Å²) in [6.07, 6.45) is 6.14. The van der Waals surface area contributed by atoms with Crippen molar-refractivity contribution in [3.05, 3.63) is 36.5 Å². The molecule has 0 bridgehead atoms. The number of quaternary nitrogens is 1. The number of aromatic nitrogens is 1. The van der Waals surface area contributed by atoms with Gasteiger partial charge in [-0.25, -0.2) is 4.79 Å². The van der Waals surface area contributed by atoms with Crippen molar-refractivity contribution in [1.29, 1.82) is 5.41 Å². The van der Waals surface area contributed by atoms with Crippen molar-refractivity contribution in [3.8, 4) is 11.5 Å². The normalized spacial score (nSPS) is 18.6. The van der Waals surface area contributed by atoms with Crippen LogP contribution in [0.4, 0.5) is 10.6 Å². The molecule has 15 nitrogen and oxygen atoms in total. The van der Waals surface area contributed by atoms with E-state index in [1.54, 1.807) is 42.9 Å². The first kappa shape index (κ1) is 40.7. The summed E-state index contributed by atoms with van der Waals surface area (Å²) >= 11 is 0. The molecule has 4 rings (SSSR count). The van der Waals surface area contributed by atoms with E-state index in [1.165, 1.54) is 4.90 Å². The highest BCUT2D eigenvalue weighted by Crippen LogP contribution is 2.33. The standard InChI is InChI=1S/C38H54N8O7/c1-9-11-26(31(47)34(49)41-22-12-13-22)43-33(48)28-19-24(21-46(28)35(50)32(37(2,3)4)44-36(51)45-38(5,6)7)53-29-20-30(40-17-10-16-39)42-27-18-23(52-8)14-15-25(27)29/h10,14-18,20,22,24,26,28,32,39H,9,11-13,19,21H2,1-8H3,(H,40,42)(H,41,49)(H,43,48)(H2,44,45,51)/p+1/b17-10-,39-16?/t24-,26+,28+,32-/m1/s1. The van der Waals surface area contributed by atoms with Crippen LogP contribution in [0.1, 0.15) is 80.6 Å². The van der Waals surface area contributed by atoms with Crippen molar-refractivity contribution in [2.45, 2.75) is 116 Å². The van der Waals surface area contributed by atoms with Crippen LogP contribution in [0.3, 0.4) is 0 Å². The Morgan fingerprint density at radius 1 is 1.08 bits per heavy atom. The molecule has 15 heteroatoms. The maximum atomic E-state index is 14.5. The zero-order valence-corrected chi connectivity index (χ0v) is 32.0. The molecule has 5 amide bonds. The van der Waals surface area contributed by atoms with Gasteiger partial charge in [-0.05, 0) is 57.6 Å². The van der Waals surface area contributed by atoms with Gasteiger partial charge in [0.2, 0.25) is 23.4 Å². The van der Waals surface area contributed by atoms with Crippen LogP contribution in [0.2, 0.25) is 0 Å². The molecular formula is C38H55N8O7+. The fourth-order valence-corrected chi connectivity index (χ4v) is 6.06. The van der Waals surface area contributed by atoms with E-state index < -0.39 is 64.7 Å². The van der Waals surface area contributed by atoms with Gasteiger partial charge >= 0.3 is 6.03 Å². The number of nitrogens with zero attached hydrogens (tertiary/aromatic N) is 2. The average Bonchev–Trinajstić information content (AvgIpc) is 3.80. The molecule has 1 aromatic carbocycles. The lowest BCUT2D eigenvalue weighted by molar-refractivity contribution is -0.500. The molecule has 0 unspecified atom stereocenters. The summed E-state index contributed by atoms with van der Waals surface area (Å²) in [5.74, 6) is -0.968. The van der Waals surface area contributed by atoms with Crippen LogP contribution in [0.15, 0.2) is 36.5 Å². The number of carbonyl (C=O) groups excluding carboxylic acids is 5. The van der Waals surface area contributed by atoms with Crippen molar-refractivity contribution in [1.82, 2.24) is 31.2 Å². The minimum atomic E-state index is -1.08. The molecule has 0 spiro atoms. The number of ether oxygens (including phenoxy) is 2. The predicted molar refractivity (Wildman–Crippen MR) is 200 cm³/mol. The van der Waals surface area contributed by atoms with Crippen LogP contribution in [0.25, 0.3) is 10.9 Å². The summed E-state index contributed by atoms with van der Waals surface area (Å²) in [7, 11) is 1.56. The van der Waals surface area contributed by atoms with Gasteiger partial charge in [-0.3, -0.25) is 24.5 Å². The minimum Gasteiger partial charge on any atom is -0.497 e. The molecule has 2 fully saturated rings. The van der Waals surface area contributed by atoms with Crippen LogP contribution in [0.5, 0.6) is 11.5 Å². The van der Waals surface area contributed by atoms with Gasteiger partial charge in [0.15, 0.2) is 0 Å². The van der Waals surface area contributed by atoms with E-state index in [2.05, 4.69) is 21.3 Å². The number of hydrogen-bond donors (Lipinski definition) is 6. The molecular weight excluding hydrogens is 680 g/mol. The van der Waals surface area contributed by atoms with Gasteiger partial charge in [-0.1, -0.05) is 34.1 Å². The molecule has 1 saturated carbocycles. The number of urea groups is 1. The van der Waals surface area contributed by atoms with Crippen molar-refractivity contribution in [3.63, 3.8) is 0 Å². The number of likely N-dealkylation sites (tertiary alicyclic amines) is 1. The zero-order valence-electron chi connectivity index (χ0n) is 32.0. The Kier molecular flexibility index (Phi) is 13.2. The van der Waals surface area contributed by atoms with Crippen molar-refractivity contribution in [2.24, 2.45) is 5.41 Å². The first-order valence-electron chi connectivity index (χ1n) is 18.1. The number of hydrogen-bond acceptors (Lipinski definition) is 9. The quantitative estimate of drug-likeness (QED) is 0.118. The number of benzene rings is 1. The summed E-state index contributed by atoms with van der Waals surface area (Å²) in [6.45, 7) is 12.8. The maximum Gasteiger partial charge on any atom is 0.315 e. The Labute approximate surface area is 310 Å². The summed E-state index contributed by atoms with van der Waals surface area (Å²) < 4.78 is 12.0. The van der Waals surface area contributed by atoms with Gasteiger partial charge in [0, 0.05) is 41.7 Å². The van der Waals surface area contributed by atoms with Gasteiger partial charge in [0.1, 0.15) is 35.9 Å². The highest BCUT2D eigenvalue weighted by molar-refractivity contribution is 6.38. The zero-order chi connectivity index (χ0) is 39.1. The number of ketones is 1. The topological polar surface area (TPSA) is 209 Å². The molecule has 53 heavy (non-hydrogen) atoms. The van der Waals surface area contributed by atoms with Crippen LogP contribution >= 0.6 is 0 Å². The third kappa shape index (κ3) is 11.2. The highest BCUT2D eigenvalue weighted by Gasteiger charge is 2.47. The lowest BCUT2D eigenvalue weighted by atomic mass is 9.85. The first-order chi connectivity index (χ1) is 24.9. The molecule has 2 heterocycles. The third-order valence-corrected chi connectivity index (χ3v) is 8.84. The number of nitrogens with one attached hydrogen (secondary N) is 5. The lowest BCUT2D eigenvalue weighted by Crippen LogP contribution is -2.71. The van der Waals surface area contributed by atoms with Crippen LogP contribution in [0, 0.1) is 10.8 Å². The highest BCUT2D eigenvalue weighted by atomic mass is 16.5. The smallest absolute Gasteiger partial charge is 0.315 e. The second-order valence-corrected chi connectivity index (χ2v) is 15.7. The van der Waals surface area contributed by atoms with Crippen LogP contribution < -0.4 is 36.1 Å². The van der Waals surface area contributed by atoms with Gasteiger partial charge in [-0.2, -0.15) is 4.98 Å². The number of pyridine rings is 1. The maximum absolute atomic E-state index is 14.5. The number of nitrogens with two attached hydrogens (primary N) is 1. The Bertz CT molecular complexity index is 1730. The van der Waals surface area contributed by atoms with E-state index in [1.807, 2.05) is 54.5 Å². The average molecular weight is 736 g/mol. The van der Waals surface area contributed by atoms with E-state index in [4.69, 9.17) is 19.9 Å². The third-order valence-electron chi connectivity index (χ3n) is 8.84. The Balaban J connectivity index is 1.69. The molecule has 1 aliphatic heterocycles. The Morgan fingerprint density at radius 2 is 1.79 bits per heavy atom. The summed E-state index contributed by atoms with van der Waals surface area (Å²) in [6, 6.07) is 3.35. The number of fused-ring (bicyclic) bond motifs is 1. The number of rotatable bonds is 15. The SMILES string of the molecule is CCC[C@H](NC(=O)[C@@H]1C[C@@H](Oc2cc([NH2+]/C=C\C=N)nc3cc(OC)ccc23)CN1C(=O)[C@@H](NC(=O)NC(C)(C)C)C(C)(C)C)C(=O)C(=O)NC1CC1. The largest absolute Gasteiger partial charge is 0.497 e. The summed E-state index contributed by atoms with van der Waals surface area (Å²) in [5, 5.41) is 20.9. The second kappa shape index (κ2) is 17.2. The molecule has 1 aromatic heterocycles. The van der Waals surface area contributed by atoms with Crippen LogP contribution in [-0.2, 0) is 19.2 Å². The number of methoxy groups -OCH3 is 1. The van der Waals surface area contributed by atoms with E-state index >= 15 is 0 Å². The van der Waals surface area contributed by atoms with Crippen molar-refractivity contribution in [2.75, 3.05) is 13.7 Å². The molecule has 4 atom stereocenters. The minimum absolute atomic E-state index is 0.00660.